The molecule has 1 aromatic heterocycles. The Balaban J connectivity index is 1.70. The molecule has 0 amide bonds. The average Bonchev–Trinajstić information content (AvgIpc) is 3.10. The first kappa shape index (κ1) is 18.0. The third-order valence-electron chi connectivity index (χ3n) is 4.74. The van der Waals surface area contributed by atoms with Gasteiger partial charge in [-0.15, -0.1) is 5.10 Å². The van der Waals surface area contributed by atoms with Gasteiger partial charge in [0.15, 0.2) is 5.82 Å². The summed E-state index contributed by atoms with van der Waals surface area (Å²) in [5.41, 5.74) is 2.12. The molecular formula is C17H25N5O2S. The molecule has 0 spiro atoms. The van der Waals surface area contributed by atoms with Crippen LogP contribution >= 0.6 is 0 Å². The van der Waals surface area contributed by atoms with E-state index >= 15 is 0 Å². The van der Waals surface area contributed by atoms with Gasteiger partial charge in [0.1, 0.15) is 0 Å². The molecule has 3 rings (SSSR count). The number of aryl methyl sites for hydroxylation is 1. The first-order chi connectivity index (χ1) is 12.0. The summed E-state index contributed by atoms with van der Waals surface area (Å²) in [5, 5.41) is 12.2. The van der Waals surface area contributed by atoms with E-state index in [1.54, 1.807) is 8.99 Å². The summed E-state index contributed by atoms with van der Waals surface area (Å²) in [6.45, 7) is 5.13. The highest BCUT2D eigenvalue weighted by atomic mass is 32.2. The molecule has 25 heavy (non-hydrogen) atoms. The Labute approximate surface area is 149 Å². The molecule has 8 heteroatoms. The van der Waals surface area contributed by atoms with Crippen LogP contribution in [0.25, 0.3) is 5.69 Å². The van der Waals surface area contributed by atoms with Crippen LogP contribution in [-0.4, -0.2) is 51.8 Å². The van der Waals surface area contributed by atoms with Gasteiger partial charge in [-0.05, 0) is 48.7 Å². The fraction of sp³-hybridized carbons (Fsp3) is 0.588. The monoisotopic (exact) mass is 363 g/mol. The first-order valence-electron chi connectivity index (χ1n) is 8.84. The van der Waals surface area contributed by atoms with Gasteiger partial charge in [-0.3, -0.25) is 0 Å². The van der Waals surface area contributed by atoms with Crippen molar-refractivity contribution in [1.82, 2.24) is 24.5 Å². The molecule has 0 bridgehead atoms. The summed E-state index contributed by atoms with van der Waals surface area (Å²) >= 11 is 0. The SMILES string of the molecule is CCCCS(=O)(=O)N1CCC(c2nnnn2-c2ccc(C)cc2)CC1. The second-order valence-corrected chi connectivity index (χ2v) is 8.72. The van der Waals surface area contributed by atoms with Crippen molar-refractivity contribution in [2.75, 3.05) is 18.8 Å². The third-order valence-corrected chi connectivity index (χ3v) is 6.70. The van der Waals surface area contributed by atoms with Gasteiger partial charge in [0.25, 0.3) is 0 Å². The molecule has 0 unspecified atom stereocenters. The summed E-state index contributed by atoms with van der Waals surface area (Å²) in [4.78, 5) is 0. The predicted octanol–water partition coefficient (Wildman–Crippen LogP) is 2.28. The Morgan fingerprint density at radius 3 is 2.48 bits per heavy atom. The quantitative estimate of drug-likeness (QED) is 0.786. The normalized spacial score (nSPS) is 17.0. The Hall–Kier alpha value is -1.80. The van der Waals surface area contributed by atoms with Crippen molar-refractivity contribution in [2.24, 2.45) is 0 Å². The van der Waals surface area contributed by atoms with Gasteiger partial charge in [-0.2, -0.15) is 4.68 Å². The van der Waals surface area contributed by atoms with Gasteiger partial charge in [-0.25, -0.2) is 12.7 Å². The molecule has 1 aromatic carbocycles. The molecular weight excluding hydrogens is 338 g/mol. The topological polar surface area (TPSA) is 81.0 Å². The molecule has 0 N–H and O–H groups in total. The standard InChI is InChI=1S/C17H25N5O2S/c1-3-4-13-25(23,24)21-11-9-15(10-12-21)17-18-19-20-22(17)16-7-5-14(2)6-8-16/h5-8,15H,3-4,9-13H2,1-2H3. The zero-order chi connectivity index (χ0) is 17.9. The number of piperidine rings is 1. The lowest BCUT2D eigenvalue weighted by Crippen LogP contribution is -2.39. The van der Waals surface area contributed by atoms with Gasteiger partial charge in [0, 0.05) is 19.0 Å². The number of benzene rings is 1. The van der Waals surface area contributed by atoms with Crippen molar-refractivity contribution in [2.45, 2.75) is 45.4 Å². The van der Waals surface area contributed by atoms with Gasteiger partial charge < -0.3 is 0 Å². The summed E-state index contributed by atoms with van der Waals surface area (Å²) in [6.07, 6.45) is 3.10. The van der Waals surface area contributed by atoms with Crippen LogP contribution in [0.2, 0.25) is 0 Å². The second-order valence-electron chi connectivity index (χ2n) is 6.63. The lowest BCUT2D eigenvalue weighted by Gasteiger charge is -2.30. The van der Waals surface area contributed by atoms with E-state index in [9.17, 15) is 8.42 Å². The van der Waals surface area contributed by atoms with E-state index in [1.807, 2.05) is 38.1 Å². The zero-order valence-corrected chi connectivity index (χ0v) is 15.6. The Morgan fingerprint density at radius 2 is 1.84 bits per heavy atom. The highest BCUT2D eigenvalue weighted by molar-refractivity contribution is 7.89. The smallest absolute Gasteiger partial charge is 0.212 e. The predicted molar refractivity (Wildman–Crippen MR) is 96.1 cm³/mol. The van der Waals surface area contributed by atoms with Gasteiger partial charge in [0.05, 0.1) is 11.4 Å². The van der Waals surface area contributed by atoms with Crippen molar-refractivity contribution in [3.63, 3.8) is 0 Å². The minimum absolute atomic E-state index is 0.175. The second kappa shape index (κ2) is 7.61. The van der Waals surface area contributed by atoms with E-state index in [0.29, 0.717) is 19.5 Å². The molecule has 1 aliphatic heterocycles. The molecule has 0 aliphatic carbocycles. The summed E-state index contributed by atoms with van der Waals surface area (Å²) < 4.78 is 28.1. The van der Waals surface area contributed by atoms with Gasteiger partial charge in [0.2, 0.25) is 10.0 Å². The highest BCUT2D eigenvalue weighted by Crippen LogP contribution is 2.29. The molecule has 0 saturated carbocycles. The Bertz CT molecular complexity index is 793. The number of aromatic nitrogens is 4. The van der Waals surface area contributed by atoms with E-state index < -0.39 is 10.0 Å². The number of hydrogen-bond acceptors (Lipinski definition) is 5. The fourth-order valence-electron chi connectivity index (χ4n) is 3.17. The van der Waals surface area contributed by atoms with E-state index in [4.69, 9.17) is 0 Å². The highest BCUT2D eigenvalue weighted by Gasteiger charge is 2.30. The molecule has 0 atom stereocenters. The van der Waals surface area contributed by atoms with Gasteiger partial charge >= 0.3 is 0 Å². The molecule has 2 aromatic rings. The van der Waals surface area contributed by atoms with Crippen LogP contribution < -0.4 is 0 Å². The number of hydrogen-bond donors (Lipinski definition) is 0. The molecule has 0 radical (unpaired) electrons. The number of nitrogens with zero attached hydrogens (tertiary/aromatic N) is 5. The number of unbranched alkanes of at least 4 members (excludes halogenated alkanes) is 1. The maximum atomic E-state index is 12.3. The molecule has 136 valence electrons. The number of rotatable bonds is 6. The summed E-state index contributed by atoms with van der Waals surface area (Å²) in [5.74, 6) is 1.23. The fourth-order valence-corrected chi connectivity index (χ4v) is 4.85. The lowest BCUT2D eigenvalue weighted by atomic mass is 9.97. The van der Waals surface area contributed by atoms with Crippen molar-refractivity contribution >= 4 is 10.0 Å². The molecule has 1 saturated heterocycles. The summed E-state index contributed by atoms with van der Waals surface area (Å²) in [7, 11) is -3.13. The Morgan fingerprint density at radius 1 is 1.16 bits per heavy atom. The zero-order valence-electron chi connectivity index (χ0n) is 14.8. The molecule has 1 fully saturated rings. The van der Waals surface area contributed by atoms with Crippen molar-refractivity contribution < 1.29 is 8.42 Å². The molecule has 7 nitrogen and oxygen atoms in total. The van der Waals surface area contributed by atoms with Crippen LogP contribution in [0.4, 0.5) is 0 Å². The molecule has 1 aliphatic rings. The van der Waals surface area contributed by atoms with E-state index in [0.717, 1.165) is 30.8 Å². The minimum Gasteiger partial charge on any atom is -0.212 e. The van der Waals surface area contributed by atoms with E-state index in [2.05, 4.69) is 15.5 Å². The van der Waals surface area contributed by atoms with Crippen molar-refractivity contribution in [1.29, 1.82) is 0 Å². The third kappa shape index (κ3) is 4.07. The van der Waals surface area contributed by atoms with Crippen LogP contribution in [0.1, 0.15) is 49.9 Å². The number of tetrazole rings is 1. The van der Waals surface area contributed by atoms with Crippen molar-refractivity contribution in [3.05, 3.63) is 35.7 Å². The maximum Gasteiger partial charge on any atom is 0.214 e. The van der Waals surface area contributed by atoms with Crippen LogP contribution in [0, 0.1) is 6.92 Å². The molecule has 2 heterocycles. The van der Waals surface area contributed by atoms with Crippen LogP contribution in [0.3, 0.4) is 0 Å². The average molecular weight is 363 g/mol. The minimum atomic E-state index is -3.13. The van der Waals surface area contributed by atoms with Crippen LogP contribution in [0.15, 0.2) is 24.3 Å². The van der Waals surface area contributed by atoms with Crippen molar-refractivity contribution in [3.8, 4) is 5.69 Å². The van der Waals surface area contributed by atoms with E-state index in [-0.39, 0.29) is 11.7 Å². The van der Waals surface area contributed by atoms with E-state index in [1.165, 1.54) is 5.56 Å². The van der Waals surface area contributed by atoms with Crippen LogP contribution in [-0.2, 0) is 10.0 Å². The summed E-state index contributed by atoms with van der Waals surface area (Å²) in [6, 6.07) is 8.06. The maximum absolute atomic E-state index is 12.3. The van der Waals surface area contributed by atoms with Gasteiger partial charge in [-0.1, -0.05) is 31.0 Å². The van der Waals surface area contributed by atoms with Crippen LogP contribution in [0.5, 0.6) is 0 Å². The largest absolute Gasteiger partial charge is 0.214 e. The first-order valence-corrected chi connectivity index (χ1v) is 10.5. The Kier molecular flexibility index (Phi) is 5.48. The lowest BCUT2D eigenvalue weighted by molar-refractivity contribution is 0.311. The number of sulfonamides is 1.